The van der Waals surface area contributed by atoms with Crippen LogP contribution in [0.15, 0.2) is 18.3 Å². The maximum atomic E-state index is 12.2. The van der Waals surface area contributed by atoms with Gasteiger partial charge in [0.1, 0.15) is 5.82 Å². The van der Waals surface area contributed by atoms with Gasteiger partial charge in [-0.05, 0) is 30.9 Å². The molecular weight excluding hydrogens is 240 g/mol. The molecule has 1 aliphatic rings. The van der Waals surface area contributed by atoms with Gasteiger partial charge in [-0.1, -0.05) is 26.2 Å². The van der Waals surface area contributed by atoms with Gasteiger partial charge in [0, 0.05) is 17.8 Å². The van der Waals surface area contributed by atoms with E-state index in [0.29, 0.717) is 17.4 Å². The van der Waals surface area contributed by atoms with Gasteiger partial charge in [0.25, 0.3) is 5.91 Å². The average molecular weight is 262 g/mol. The number of hydrogen-bond acceptors (Lipinski definition) is 4. The molecule has 1 aliphatic carbocycles. The summed E-state index contributed by atoms with van der Waals surface area (Å²) in [5.74, 6) is 6.50. The van der Waals surface area contributed by atoms with Crippen molar-refractivity contribution < 1.29 is 4.79 Å². The maximum Gasteiger partial charge on any atom is 0.251 e. The molecule has 5 heteroatoms. The fourth-order valence-electron chi connectivity index (χ4n) is 2.71. The number of carbonyl (C=O) groups is 1. The van der Waals surface area contributed by atoms with E-state index in [9.17, 15) is 4.79 Å². The van der Waals surface area contributed by atoms with Crippen LogP contribution in [0.2, 0.25) is 0 Å². The molecule has 5 nitrogen and oxygen atoms in total. The molecule has 0 aromatic carbocycles. The molecule has 1 aromatic rings. The molecule has 1 saturated carbocycles. The summed E-state index contributed by atoms with van der Waals surface area (Å²) in [6, 6.07) is 3.67. The molecular formula is C14H22N4O. The van der Waals surface area contributed by atoms with Crippen molar-refractivity contribution in [2.45, 2.75) is 45.1 Å². The smallest absolute Gasteiger partial charge is 0.251 e. The summed E-state index contributed by atoms with van der Waals surface area (Å²) in [5, 5.41) is 3.12. The second-order valence-corrected chi connectivity index (χ2v) is 5.19. The molecule has 2 unspecified atom stereocenters. The fourth-order valence-corrected chi connectivity index (χ4v) is 2.71. The molecule has 1 amide bonds. The Balaban J connectivity index is 1.96. The van der Waals surface area contributed by atoms with E-state index in [1.807, 2.05) is 0 Å². The predicted octanol–water partition coefficient (Wildman–Crippen LogP) is 2.07. The van der Waals surface area contributed by atoms with Crippen LogP contribution >= 0.6 is 0 Å². The Morgan fingerprint density at radius 3 is 3.11 bits per heavy atom. The molecule has 1 aromatic heterocycles. The largest absolute Gasteiger partial charge is 0.349 e. The van der Waals surface area contributed by atoms with Crippen molar-refractivity contribution in [2.75, 3.05) is 5.43 Å². The molecule has 0 radical (unpaired) electrons. The first-order valence-corrected chi connectivity index (χ1v) is 6.96. The predicted molar refractivity (Wildman–Crippen MR) is 75.6 cm³/mol. The van der Waals surface area contributed by atoms with Gasteiger partial charge in [0.05, 0.1) is 0 Å². The van der Waals surface area contributed by atoms with Crippen molar-refractivity contribution in [3.8, 4) is 0 Å². The van der Waals surface area contributed by atoms with E-state index >= 15 is 0 Å². The molecule has 0 bridgehead atoms. The Kier molecular flexibility index (Phi) is 4.74. The third-order valence-corrected chi connectivity index (χ3v) is 3.87. The van der Waals surface area contributed by atoms with Gasteiger partial charge in [0.15, 0.2) is 0 Å². The summed E-state index contributed by atoms with van der Waals surface area (Å²) in [4.78, 5) is 16.2. The minimum atomic E-state index is -0.0411. The summed E-state index contributed by atoms with van der Waals surface area (Å²) in [6.07, 6.45) is 7.45. The topological polar surface area (TPSA) is 80.0 Å². The summed E-state index contributed by atoms with van der Waals surface area (Å²) >= 11 is 0. The SMILES string of the molecule is CCC1CCCC(NC(=O)c2ccnc(NN)c2)C1. The highest BCUT2D eigenvalue weighted by atomic mass is 16.1. The Hall–Kier alpha value is -1.62. The Bertz CT molecular complexity index is 435. The van der Waals surface area contributed by atoms with Gasteiger partial charge in [0.2, 0.25) is 0 Å². The first-order valence-electron chi connectivity index (χ1n) is 6.96. The summed E-state index contributed by atoms with van der Waals surface area (Å²) in [7, 11) is 0. The normalized spacial score (nSPS) is 22.8. The number of carbonyl (C=O) groups excluding carboxylic acids is 1. The second-order valence-electron chi connectivity index (χ2n) is 5.19. The van der Waals surface area contributed by atoms with E-state index in [-0.39, 0.29) is 5.91 Å². The Morgan fingerprint density at radius 1 is 1.53 bits per heavy atom. The van der Waals surface area contributed by atoms with E-state index in [0.717, 1.165) is 18.8 Å². The number of hydrogen-bond donors (Lipinski definition) is 3. The van der Waals surface area contributed by atoms with Crippen LogP contribution in [0.1, 0.15) is 49.4 Å². The Labute approximate surface area is 114 Å². The van der Waals surface area contributed by atoms with Crippen LogP contribution in [0, 0.1) is 5.92 Å². The minimum Gasteiger partial charge on any atom is -0.349 e. The van der Waals surface area contributed by atoms with Crippen molar-refractivity contribution in [2.24, 2.45) is 11.8 Å². The summed E-state index contributed by atoms with van der Waals surface area (Å²) in [5.41, 5.74) is 3.05. The van der Waals surface area contributed by atoms with E-state index in [1.165, 1.54) is 19.3 Å². The highest BCUT2D eigenvalue weighted by Crippen LogP contribution is 2.26. The van der Waals surface area contributed by atoms with Crippen molar-refractivity contribution in [3.05, 3.63) is 23.9 Å². The number of amides is 1. The quantitative estimate of drug-likeness (QED) is 0.573. The van der Waals surface area contributed by atoms with Gasteiger partial charge < -0.3 is 10.7 Å². The third-order valence-electron chi connectivity index (χ3n) is 3.87. The number of anilines is 1. The van der Waals surface area contributed by atoms with E-state index < -0.39 is 0 Å². The van der Waals surface area contributed by atoms with E-state index in [4.69, 9.17) is 5.84 Å². The number of nitrogens with one attached hydrogen (secondary N) is 2. The lowest BCUT2D eigenvalue weighted by atomic mass is 9.84. The van der Waals surface area contributed by atoms with Crippen LogP contribution in [0.4, 0.5) is 5.82 Å². The van der Waals surface area contributed by atoms with Gasteiger partial charge >= 0.3 is 0 Å². The minimum absolute atomic E-state index is 0.0411. The van der Waals surface area contributed by atoms with Gasteiger partial charge in [-0.25, -0.2) is 10.8 Å². The maximum absolute atomic E-state index is 12.2. The second kappa shape index (κ2) is 6.52. The van der Waals surface area contributed by atoms with E-state index in [1.54, 1.807) is 18.3 Å². The number of rotatable bonds is 4. The molecule has 19 heavy (non-hydrogen) atoms. The lowest BCUT2D eigenvalue weighted by molar-refractivity contribution is 0.0919. The molecule has 4 N–H and O–H groups in total. The third kappa shape index (κ3) is 3.67. The summed E-state index contributed by atoms with van der Waals surface area (Å²) < 4.78 is 0. The van der Waals surface area contributed by atoms with Crippen LogP contribution in [-0.2, 0) is 0 Å². The summed E-state index contributed by atoms with van der Waals surface area (Å²) in [6.45, 7) is 2.22. The number of nitrogens with zero attached hydrogens (tertiary/aromatic N) is 1. The van der Waals surface area contributed by atoms with Crippen LogP contribution in [0.25, 0.3) is 0 Å². The van der Waals surface area contributed by atoms with Crippen molar-refractivity contribution in [1.82, 2.24) is 10.3 Å². The molecule has 0 saturated heterocycles. The van der Waals surface area contributed by atoms with Crippen LogP contribution < -0.4 is 16.6 Å². The fraction of sp³-hybridized carbons (Fsp3) is 0.571. The van der Waals surface area contributed by atoms with Crippen molar-refractivity contribution in [1.29, 1.82) is 0 Å². The van der Waals surface area contributed by atoms with E-state index in [2.05, 4.69) is 22.7 Å². The molecule has 2 rings (SSSR count). The van der Waals surface area contributed by atoms with Crippen molar-refractivity contribution in [3.63, 3.8) is 0 Å². The molecule has 2 atom stereocenters. The molecule has 104 valence electrons. The first kappa shape index (κ1) is 13.8. The lowest BCUT2D eigenvalue weighted by Gasteiger charge is -2.29. The Morgan fingerprint density at radius 2 is 2.37 bits per heavy atom. The van der Waals surface area contributed by atoms with Crippen LogP contribution in [-0.4, -0.2) is 16.9 Å². The van der Waals surface area contributed by atoms with Crippen molar-refractivity contribution >= 4 is 11.7 Å². The number of nitrogen functional groups attached to an aromatic ring is 1. The highest BCUT2D eigenvalue weighted by molar-refractivity contribution is 5.94. The zero-order valence-electron chi connectivity index (χ0n) is 11.4. The lowest BCUT2D eigenvalue weighted by Crippen LogP contribution is -2.38. The number of pyridine rings is 1. The first-order chi connectivity index (χ1) is 9.22. The monoisotopic (exact) mass is 262 g/mol. The standard InChI is InChI=1S/C14H22N4O/c1-2-10-4-3-5-12(8-10)17-14(19)11-6-7-16-13(9-11)18-15/h6-7,9-10,12H,2-5,8,15H2,1H3,(H,16,18)(H,17,19). The molecule has 1 heterocycles. The van der Waals surface area contributed by atoms with Crippen LogP contribution in [0.5, 0.6) is 0 Å². The average Bonchev–Trinajstić information content (AvgIpc) is 2.47. The van der Waals surface area contributed by atoms with Crippen LogP contribution in [0.3, 0.4) is 0 Å². The number of nitrogens with two attached hydrogens (primary N) is 1. The zero-order valence-corrected chi connectivity index (χ0v) is 11.4. The number of hydrazine groups is 1. The highest BCUT2D eigenvalue weighted by Gasteiger charge is 2.22. The van der Waals surface area contributed by atoms with Gasteiger partial charge in [-0.3, -0.25) is 4.79 Å². The number of aromatic nitrogens is 1. The zero-order chi connectivity index (χ0) is 13.7. The van der Waals surface area contributed by atoms with Gasteiger partial charge in [-0.2, -0.15) is 0 Å². The molecule has 0 spiro atoms. The molecule has 1 fully saturated rings. The van der Waals surface area contributed by atoms with Gasteiger partial charge in [-0.15, -0.1) is 0 Å². The molecule has 0 aliphatic heterocycles.